The van der Waals surface area contributed by atoms with Crippen LogP contribution in [0.25, 0.3) is 0 Å². The van der Waals surface area contributed by atoms with Gasteiger partial charge in [-0.3, -0.25) is 4.79 Å². The van der Waals surface area contributed by atoms with E-state index in [0.29, 0.717) is 11.3 Å². The van der Waals surface area contributed by atoms with E-state index in [1.165, 1.54) is 6.21 Å². The monoisotopic (exact) mass is 482 g/mol. The molecular weight excluding hydrogens is 464 g/mol. The average Bonchev–Trinajstić information content (AvgIpc) is 2.60. The van der Waals surface area contributed by atoms with Gasteiger partial charge in [0.2, 0.25) is 0 Å². The highest BCUT2D eigenvalue weighted by atomic mass is 79.9. The van der Waals surface area contributed by atoms with Crippen molar-refractivity contribution in [2.45, 2.75) is 26.7 Å². The minimum absolute atomic E-state index is 0.0950. The van der Waals surface area contributed by atoms with Gasteiger partial charge in [-0.15, -0.1) is 0 Å². The number of hydrazone groups is 1. The highest BCUT2D eigenvalue weighted by Crippen LogP contribution is 2.40. The topological polar surface area (TPSA) is 70.9 Å². The molecule has 0 unspecified atom stereocenters. The van der Waals surface area contributed by atoms with Crippen molar-refractivity contribution >= 4 is 44.0 Å². The summed E-state index contributed by atoms with van der Waals surface area (Å²) < 4.78 is 7.55. The minimum atomic E-state index is -0.390. The lowest BCUT2D eigenvalue weighted by Crippen LogP contribution is -2.25. The van der Waals surface area contributed by atoms with Crippen LogP contribution in [0.2, 0.25) is 0 Å². The Morgan fingerprint density at radius 1 is 1.35 bits per heavy atom. The number of benzene rings is 2. The molecular formula is C19H20Br2N2O3. The van der Waals surface area contributed by atoms with Gasteiger partial charge in [-0.2, -0.15) is 5.10 Å². The largest absolute Gasteiger partial charge is 0.507 e. The number of ether oxygens (including phenoxy) is 1. The summed E-state index contributed by atoms with van der Waals surface area (Å²) in [5.74, 6) is 0.595. The molecule has 5 nitrogen and oxygen atoms in total. The summed E-state index contributed by atoms with van der Waals surface area (Å²) in [6.45, 7) is 5.92. The van der Waals surface area contributed by atoms with Crippen LogP contribution in [0.5, 0.6) is 11.5 Å². The first-order chi connectivity index (χ1) is 12.3. The first-order valence-corrected chi connectivity index (χ1v) is 9.61. The van der Waals surface area contributed by atoms with Crippen LogP contribution in [0.4, 0.5) is 0 Å². The molecule has 138 valence electrons. The van der Waals surface area contributed by atoms with Crippen LogP contribution in [0.3, 0.4) is 0 Å². The van der Waals surface area contributed by atoms with Crippen LogP contribution >= 0.6 is 31.9 Å². The molecule has 0 atom stereocenters. The Bertz CT molecular complexity index is 836. The van der Waals surface area contributed by atoms with Crippen molar-refractivity contribution in [3.05, 3.63) is 56.0 Å². The fourth-order valence-electron chi connectivity index (χ4n) is 2.23. The molecule has 0 saturated heterocycles. The second kappa shape index (κ2) is 9.19. The van der Waals surface area contributed by atoms with Crippen molar-refractivity contribution in [2.24, 2.45) is 5.10 Å². The van der Waals surface area contributed by atoms with Gasteiger partial charge in [0.15, 0.2) is 6.61 Å². The van der Waals surface area contributed by atoms with Gasteiger partial charge >= 0.3 is 0 Å². The van der Waals surface area contributed by atoms with Gasteiger partial charge in [-0.1, -0.05) is 41.9 Å². The number of hydrogen-bond donors (Lipinski definition) is 2. The molecule has 26 heavy (non-hydrogen) atoms. The van der Waals surface area contributed by atoms with Gasteiger partial charge < -0.3 is 9.84 Å². The fraction of sp³-hybridized carbons (Fsp3) is 0.263. The smallest absolute Gasteiger partial charge is 0.277 e. The summed E-state index contributed by atoms with van der Waals surface area (Å²) in [6, 6.07) is 8.73. The van der Waals surface area contributed by atoms with Crippen LogP contribution in [0.15, 0.2) is 44.4 Å². The van der Waals surface area contributed by atoms with Crippen LogP contribution in [0.1, 0.15) is 36.5 Å². The molecule has 7 heteroatoms. The summed E-state index contributed by atoms with van der Waals surface area (Å²) in [7, 11) is 0. The second-order valence-corrected chi connectivity index (χ2v) is 7.66. The number of rotatable bonds is 6. The van der Waals surface area contributed by atoms with E-state index in [4.69, 9.17) is 4.74 Å². The molecule has 0 heterocycles. The number of hydrogen-bond acceptors (Lipinski definition) is 4. The van der Waals surface area contributed by atoms with Gasteiger partial charge in [-0.25, -0.2) is 5.43 Å². The van der Waals surface area contributed by atoms with E-state index in [1.54, 1.807) is 24.3 Å². The molecule has 0 spiro atoms. The zero-order valence-electron chi connectivity index (χ0n) is 14.7. The van der Waals surface area contributed by atoms with Crippen LogP contribution < -0.4 is 10.2 Å². The maximum atomic E-state index is 12.0. The molecule has 0 aliphatic heterocycles. The van der Waals surface area contributed by atoms with Gasteiger partial charge in [0.05, 0.1) is 10.7 Å². The van der Waals surface area contributed by atoms with Gasteiger partial charge in [0.25, 0.3) is 5.91 Å². The predicted octanol–water partition coefficient (Wildman–Crippen LogP) is 4.88. The summed E-state index contributed by atoms with van der Waals surface area (Å²) in [6.07, 6.45) is 1.38. The quantitative estimate of drug-likeness (QED) is 0.454. The summed E-state index contributed by atoms with van der Waals surface area (Å²) >= 11 is 7.08. The third-order valence-corrected chi connectivity index (χ3v) is 5.51. The Morgan fingerprint density at radius 2 is 2.04 bits per heavy atom. The standard InChI is InChI=1S/C19H20Br2N2O3/c1-11(2)14-8-15(20)12(3)18(21)19(14)26-10-17(25)23-22-9-13-6-4-5-7-16(13)24/h4-9,11,24H,10H2,1-3H3,(H,23,25)/b22-9-. The van der Waals surface area contributed by atoms with E-state index in [1.807, 2.05) is 13.0 Å². The number of phenolic OH excluding ortho intramolecular Hbond substituents is 1. The molecule has 0 aromatic heterocycles. The number of nitrogens with zero attached hydrogens (tertiary/aromatic N) is 1. The first kappa shape index (κ1) is 20.5. The van der Waals surface area contributed by atoms with Crippen LogP contribution in [0, 0.1) is 6.92 Å². The maximum Gasteiger partial charge on any atom is 0.277 e. The minimum Gasteiger partial charge on any atom is -0.507 e. The highest BCUT2D eigenvalue weighted by Gasteiger charge is 2.17. The molecule has 2 aromatic carbocycles. The van der Waals surface area contributed by atoms with E-state index in [0.717, 1.165) is 20.1 Å². The van der Waals surface area contributed by atoms with Gasteiger partial charge in [0.1, 0.15) is 11.5 Å². The molecule has 0 saturated carbocycles. The Labute approximate surface area is 169 Å². The third-order valence-electron chi connectivity index (χ3n) is 3.73. The van der Waals surface area contributed by atoms with E-state index < -0.39 is 0 Å². The molecule has 1 amide bonds. The normalized spacial score (nSPS) is 11.2. The summed E-state index contributed by atoms with van der Waals surface area (Å²) in [4.78, 5) is 12.0. The van der Waals surface area contributed by atoms with E-state index >= 15 is 0 Å². The van der Waals surface area contributed by atoms with E-state index in [-0.39, 0.29) is 24.2 Å². The zero-order chi connectivity index (χ0) is 19.3. The Kier molecular flexibility index (Phi) is 7.23. The number of amides is 1. The van der Waals surface area contributed by atoms with Gasteiger partial charge in [0, 0.05) is 10.0 Å². The SMILES string of the molecule is Cc1c(Br)cc(C(C)C)c(OCC(=O)N/N=C\c2ccccc2O)c1Br. The van der Waals surface area contributed by atoms with Crippen molar-refractivity contribution in [3.8, 4) is 11.5 Å². The molecule has 2 rings (SSSR count). The molecule has 0 aliphatic carbocycles. The fourth-order valence-corrected chi connectivity index (χ4v) is 3.50. The second-order valence-electron chi connectivity index (χ2n) is 6.01. The first-order valence-electron chi connectivity index (χ1n) is 8.02. The van der Waals surface area contributed by atoms with E-state index in [2.05, 4.69) is 56.2 Å². The number of halogens is 2. The highest BCUT2D eigenvalue weighted by molar-refractivity contribution is 9.11. The van der Waals surface area contributed by atoms with Gasteiger partial charge in [-0.05, 0) is 58.1 Å². The number of nitrogens with one attached hydrogen (secondary N) is 1. The number of phenols is 1. The molecule has 0 fully saturated rings. The Hall–Kier alpha value is -1.86. The van der Waals surface area contributed by atoms with Crippen LogP contribution in [-0.2, 0) is 4.79 Å². The number of aromatic hydroxyl groups is 1. The van der Waals surface area contributed by atoms with Crippen molar-refractivity contribution in [2.75, 3.05) is 6.61 Å². The summed E-state index contributed by atoms with van der Waals surface area (Å²) in [5, 5.41) is 13.5. The molecule has 0 aliphatic rings. The zero-order valence-corrected chi connectivity index (χ0v) is 17.9. The lowest BCUT2D eigenvalue weighted by molar-refractivity contribution is -0.123. The molecule has 2 N–H and O–H groups in total. The lowest BCUT2D eigenvalue weighted by atomic mass is 10.0. The van der Waals surface area contributed by atoms with Crippen LogP contribution in [-0.4, -0.2) is 23.8 Å². The predicted molar refractivity (Wildman–Crippen MR) is 110 cm³/mol. The molecule has 0 radical (unpaired) electrons. The molecule has 0 bridgehead atoms. The number of carbonyl (C=O) groups excluding carboxylic acids is 1. The average molecular weight is 484 g/mol. The number of carbonyl (C=O) groups is 1. The van der Waals surface area contributed by atoms with Crippen molar-refractivity contribution < 1.29 is 14.6 Å². The Morgan fingerprint density at radius 3 is 2.69 bits per heavy atom. The summed E-state index contributed by atoms with van der Waals surface area (Å²) in [5.41, 5.74) is 4.91. The molecule has 2 aromatic rings. The van der Waals surface area contributed by atoms with E-state index in [9.17, 15) is 9.90 Å². The third kappa shape index (κ3) is 5.08. The maximum absolute atomic E-state index is 12.0. The van der Waals surface area contributed by atoms with Crippen molar-refractivity contribution in [1.82, 2.24) is 5.43 Å². The lowest BCUT2D eigenvalue weighted by Gasteiger charge is -2.18. The van der Waals surface area contributed by atoms with Crippen molar-refractivity contribution in [3.63, 3.8) is 0 Å². The number of para-hydroxylation sites is 1. The Balaban J connectivity index is 2.03. The van der Waals surface area contributed by atoms with Crippen molar-refractivity contribution in [1.29, 1.82) is 0 Å².